The molecule has 1 aliphatic heterocycles. The first-order valence-corrected chi connectivity index (χ1v) is 9.38. The molecule has 0 spiro atoms. The third-order valence-corrected chi connectivity index (χ3v) is 5.03. The summed E-state index contributed by atoms with van der Waals surface area (Å²) in [6, 6.07) is 7.64. The van der Waals surface area contributed by atoms with Gasteiger partial charge in [0.25, 0.3) is 5.91 Å². The van der Waals surface area contributed by atoms with Gasteiger partial charge < -0.3 is 9.88 Å². The second kappa shape index (κ2) is 7.67. The van der Waals surface area contributed by atoms with E-state index in [1.807, 2.05) is 0 Å². The number of amides is 1. The van der Waals surface area contributed by atoms with E-state index in [2.05, 4.69) is 20.1 Å². The van der Waals surface area contributed by atoms with Gasteiger partial charge in [-0.3, -0.25) is 4.79 Å². The van der Waals surface area contributed by atoms with Gasteiger partial charge in [-0.05, 0) is 43.2 Å². The molecule has 0 saturated heterocycles. The van der Waals surface area contributed by atoms with Crippen LogP contribution in [-0.2, 0) is 13.0 Å². The van der Waals surface area contributed by atoms with Crippen LogP contribution in [0.25, 0.3) is 11.4 Å². The molecule has 0 fully saturated rings. The summed E-state index contributed by atoms with van der Waals surface area (Å²) < 4.78 is 28.8. The van der Waals surface area contributed by atoms with Crippen LogP contribution in [0.5, 0.6) is 0 Å². The average Bonchev–Trinajstić information content (AvgIpc) is 2.90. The Labute approximate surface area is 165 Å². The van der Waals surface area contributed by atoms with E-state index in [0.29, 0.717) is 28.2 Å². The molecule has 8 heteroatoms. The molecular weight excluding hydrogens is 386 g/mol. The molecule has 0 atom stereocenters. The fourth-order valence-electron chi connectivity index (χ4n) is 3.35. The molecule has 1 amide bonds. The highest BCUT2D eigenvalue weighted by Gasteiger charge is 2.19. The Morgan fingerprint density at radius 3 is 2.61 bits per heavy atom. The van der Waals surface area contributed by atoms with E-state index in [-0.39, 0.29) is 5.56 Å². The number of hydrogen-bond donors (Lipinski definition) is 1. The number of aromatic nitrogens is 3. The minimum atomic E-state index is -0.812. The maximum absolute atomic E-state index is 13.4. The molecule has 0 saturated carbocycles. The van der Waals surface area contributed by atoms with Crippen molar-refractivity contribution in [1.29, 1.82) is 0 Å². The summed E-state index contributed by atoms with van der Waals surface area (Å²) in [6.45, 7) is 0.813. The topological polar surface area (TPSA) is 59.8 Å². The van der Waals surface area contributed by atoms with Gasteiger partial charge in [-0.1, -0.05) is 18.0 Å². The highest BCUT2D eigenvalue weighted by atomic mass is 35.5. The van der Waals surface area contributed by atoms with Crippen molar-refractivity contribution >= 4 is 23.2 Å². The molecular formula is C20H17ClF2N4O. The maximum atomic E-state index is 13.4. The molecule has 28 heavy (non-hydrogen) atoms. The predicted octanol–water partition coefficient (Wildman–Crippen LogP) is 4.86. The third kappa shape index (κ3) is 3.75. The zero-order valence-electron chi connectivity index (χ0n) is 14.9. The van der Waals surface area contributed by atoms with Gasteiger partial charge in [0.05, 0.1) is 5.02 Å². The zero-order chi connectivity index (χ0) is 19.7. The van der Waals surface area contributed by atoms with Crippen molar-refractivity contribution in [1.82, 2.24) is 14.8 Å². The van der Waals surface area contributed by atoms with Gasteiger partial charge in [0.15, 0.2) is 5.82 Å². The largest absolute Gasteiger partial charge is 0.322 e. The van der Waals surface area contributed by atoms with Crippen LogP contribution in [-0.4, -0.2) is 20.7 Å². The van der Waals surface area contributed by atoms with Gasteiger partial charge in [-0.2, -0.15) is 0 Å². The number of fused-ring (bicyclic) bond motifs is 1. The van der Waals surface area contributed by atoms with E-state index in [9.17, 15) is 13.6 Å². The lowest BCUT2D eigenvalue weighted by Gasteiger charge is -2.11. The molecule has 5 nitrogen and oxygen atoms in total. The van der Waals surface area contributed by atoms with E-state index in [1.165, 1.54) is 0 Å². The minimum absolute atomic E-state index is 0.106. The number of halogens is 3. The van der Waals surface area contributed by atoms with E-state index >= 15 is 0 Å². The average molecular weight is 403 g/mol. The molecule has 1 N–H and O–H groups in total. The Hall–Kier alpha value is -2.80. The summed E-state index contributed by atoms with van der Waals surface area (Å²) in [4.78, 5) is 12.4. The first kappa shape index (κ1) is 18.6. The Balaban J connectivity index is 1.65. The fraction of sp³-hybridized carbons (Fsp3) is 0.250. The minimum Gasteiger partial charge on any atom is -0.322 e. The van der Waals surface area contributed by atoms with Crippen LogP contribution >= 0.6 is 11.6 Å². The molecule has 2 heterocycles. The summed E-state index contributed by atoms with van der Waals surface area (Å²) in [5.74, 6) is -0.670. The Bertz CT molecular complexity index is 1030. The van der Waals surface area contributed by atoms with E-state index in [1.54, 1.807) is 18.2 Å². The number of anilines is 1. The lowest BCUT2D eigenvalue weighted by atomic mass is 10.1. The lowest BCUT2D eigenvalue weighted by molar-refractivity contribution is 0.102. The molecule has 1 aliphatic rings. The van der Waals surface area contributed by atoms with Gasteiger partial charge in [-0.15, -0.1) is 10.2 Å². The van der Waals surface area contributed by atoms with Gasteiger partial charge in [0, 0.05) is 35.8 Å². The first-order chi connectivity index (χ1) is 13.5. The molecule has 0 aliphatic carbocycles. The van der Waals surface area contributed by atoms with Gasteiger partial charge in [0.1, 0.15) is 17.5 Å². The second-order valence-electron chi connectivity index (χ2n) is 6.71. The number of hydrogen-bond acceptors (Lipinski definition) is 3. The molecule has 1 aromatic heterocycles. The van der Waals surface area contributed by atoms with Gasteiger partial charge in [-0.25, -0.2) is 8.78 Å². The van der Waals surface area contributed by atoms with E-state index in [4.69, 9.17) is 11.6 Å². The van der Waals surface area contributed by atoms with Crippen molar-refractivity contribution in [2.75, 3.05) is 5.32 Å². The molecule has 0 radical (unpaired) electrons. The Morgan fingerprint density at radius 2 is 1.82 bits per heavy atom. The summed E-state index contributed by atoms with van der Waals surface area (Å²) >= 11 is 6.37. The van der Waals surface area contributed by atoms with Crippen LogP contribution in [0.2, 0.25) is 5.02 Å². The standard InChI is InChI=1S/C20H17ClF2N4O/c21-17-6-5-15(24-20(28)12-8-13(22)10-14(23)9-12)11-16(17)19-26-25-18-4-2-1-3-7-27(18)19/h5-6,8-11H,1-4,7H2,(H,24,28). The molecule has 0 unspecified atom stereocenters. The summed E-state index contributed by atoms with van der Waals surface area (Å²) in [5, 5.41) is 11.7. The maximum Gasteiger partial charge on any atom is 0.255 e. The van der Waals surface area contributed by atoms with Crippen molar-refractivity contribution in [3.8, 4) is 11.4 Å². The number of carbonyl (C=O) groups excluding carboxylic acids is 1. The van der Waals surface area contributed by atoms with Crippen LogP contribution in [0, 0.1) is 11.6 Å². The van der Waals surface area contributed by atoms with Crippen molar-refractivity contribution in [2.24, 2.45) is 0 Å². The SMILES string of the molecule is O=C(Nc1ccc(Cl)c(-c2nnc3n2CCCCC3)c1)c1cc(F)cc(F)c1. The lowest BCUT2D eigenvalue weighted by Crippen LogP contribution is -2.12. The predicted molar refractivity (Wildman–Crippen MR) is 102 cm³/mol. The number of carbonyl (C=O) groups is 1. The van der Waals surface area contributed by atoms with E-state index in [0.717, 1.165) is 50.2 Å². The number of aryl methyl sites for hydroxylation is 1. The fourth-order valence-corrected chi connectivity index (χ4v) is 3.55. The molecule has 2 aromatic carbocycles. The summed E-state index contributed by atoms with van der Waals surface area (Å²) in [7, 11) is 0. The van der Waals surface area contributed by atoms with Crippen LogP contribution in [0.4, 0.5) is 14.5 Å². The van der Waals surface area contributed by atoms with Crippen molar-refractivity contribution in [2.45, 2.75) is 32.2 Å². The van der Waals surface area contributed by atoms with Crippen LogP contribution in [0.3, 0.4) is 0 Å². The van der Waals surface area contributed by atoms with Crippen molar-refractivity contribution in [3.05, 3.63) is 64.4 Å². The molecule has 144 valence electrons. The number of nitrogens with one attached hydrogen (secondary N) is 1. The highest BCUT2D eigenvalue weighted by Crippen LogP contribution is 2.31. The number of nitrogens with zero attached hydrogens (tertiary/aromatic N) is 3. The summed E-state index contributed by atoms with van der Waals surface area (Å²) in [5.41, 5.74) is 0.982. The normalized spacial score (nSPS) is 13.7. The van der Waals surface area contributed by atoms with Crippen molar-refractivity contribution < 1.29 is 13.6 Å². The van der Waals surface area contributed by atoms with Crippen LogP contribution in [0.1, 0.15) is 35.4 Å². The van der Waals surface area contributed by atoms with E-state index < -0.39 is 17.5 Å². The van der Waals surface area contributed by atoms with Gasteiger partial charge >= 0.3 is 0 Å². The zero-order valence-corrected chi connectivity index (χ0v) is 15.6. The summed E-state index contributed by atoms with van der Waals surface area (Å²) in [6.07, 6.45) is 4.12. The smallest absolute Gasteiger partial charge is 0.255 e. The number of benzene rings is 2. The van der Waals surface area contributed by atoms with Gasteiger partial charge in [0.2, 0.25) is 0 Å². The highest BCUT2D eigenvalue weighted by molar-refractivity contribution is 6.33. The molecule has 0 bridgehead atoms. The third-order valence-electron chi connectivity index (χ3n) is 4.70. The van der Waals surface area contributed by atoms with Crippen LogP contribution in [0.15, 0.2) is 36.4 Å². The Kier molecular flexibility index (Phi) is 5.09. The first-order valence-electron chi connectivity index (χ1n) is 9.01. The number of rotatable bonds is 3. The monoisotopic (exact) mass is 402 g/mol. The van der Waals surface area contributed by atoms with Crippen LogP contribution < -0.4 is 5.32 Å². The second-order valence-corrected chi connectivity index (χ2v) is 7.12. The quantitative estimate of drug-likeness (QED) is 0.680. The van der Waals surface area contributed by atoms with Crippen molar-refractivity contribution in [3.63, 3.8) is 0 Å². The molecule has 3 aromatic rings. The molecule has 4 rings (SSSR count). The Morgan fingerprint density at radius 1 is 1.04 bits per heavy atom.